The molecule has 3 aromatic rings. The van der Waals surface area contributed by atoms with Crippen molar-refractivity contribution in [3.8, 4) is 0 Å². The standard InChI is InChI=1S/C21H22N2O2/c1-15-7-6-12-22(13-15)20(24)14-23-18-10-4-2-8-16(18)21(25)17-9-3-5-11-19(17)23/h2-5,8-11,15H,6-7,12-14H2,1H3/t15-/m1/s1. The number of likely N-dealkylation sites (tertiary alicyclic amines) is 1. The minimum absolute atomic E-state index is 0.0292. The Bertz CT molecular complexity index is 946. The molecule has 2 heterocycles. The highest BCUT2D eigenvalue weighted by Gasteiger charge is 2.22. The molecule has 1 aliphatic heterocycles. The third-order valence-electron chi connectivity index (χ3n) is 5.18. The van der Waals surface area contributed by atoms with Crippen LogP contribution in [0, 0.1) is 5.92 Å². The summed E-state index contributed by atoms with van der Waals surface area (Å²) in [6.45, 7) is 4.13. The van der Waals surface area contributed by atoms with Crippen LogP contribution in [0.25, 0.3) is 21.8 Å². The maximum atomic E-state index is 12.9. The van der Waals surface area contributed by atoms with Crippen molar-refractivity contribution in [2.24, 2.45) is 5.92 Å². The van der Waals surface area contributed by atoms with E-state index in [1.807, 2.05) is 58.0 Å². The first-order chi connectivity index (χ1) is 12.1. The zero-order valence-corrected chi connectivity index (χ0v) is 14.4. The number of para-hydroxylation sites is 2. The summed E-state index contributed by atoms with van der Waals surface area (Å²) in [6, 6.07) is 15.1. The van der Waals surface area contributed by atoms with Gasteiger partial charge in [0.15, 0.2) is 5.43 Å². The Morgan fingerprint density at radius 1 is 1.04 bits per heavy atom. The molecular weight excluding hydrogens is 312 g/mol. The lowest BCUT2D eigenvalue weighted by Gasteiger charge is -2.31. The van der Waals surface area contributed by atoms with Crippen LogP contribution in [0.4, 0.5) is 0 Å². The fourth-order valence-electron chi connectivity index (χ4n) is 3.90. The Morgan fingerprint density at radius 2 is 1.64 bits per heavy atom. The Labute approximate surface area is 146 Å². The molecule has 4 nitrogen and oxygen atoms in total. The third-order valence-corrected chi connectivity index (χ3v) is 5.18. The number of aromatic nitrogens is 1. The summed E-state index contributed by atoms with van der Waals surface area (Å²) in [4.78, 5) is 27.6. The molecule has 1 atom stereocenters. The van der Waals surface area contributed by atoms with E-state index in [2.05, 4.69) is 6.92 Å². The van der Waals surface area contributed by atoms with Crippen LogP contribution in [-0.4, -0.2) is 28.5 Å². The molecule has 128 valence electrons. The topological polar surface area (TPSA) is 42.3 Å². The monoisotopic (exact) mass is 334 g/mol. The predicted molar refractivity (Wildman–Crippen MR) is 101 cm³/mol. The van der Waals surface area contributed by atoms with Gasteiger partial charge < -0.3 is 9.47 Å². The molecular formula is C21H22N2O2. The normalized spacial score (nSPS) is 18.0. The second kappa shape index (κ2) is 6.36. The summed E-state index contributed by atoms with van der Waals surface area (Å²) in [5.74, 6) is 0.686. The summed E-state index contributed by atoms with van der Waals surface area (Å²) < 4.78 is 1.99. The van der Waals surface area contributed by atoms with Gasteiger partial charge in [0.1, 0.15) is 6.54 Å². The van der Waals surface area contributed by atoms with Crippen molar-refractivity contribution in [3.05, 3.63) is 58.8 Å². The molecule has 0 N–H and O–H groups in total. The number of nitrogens with zero attached hydrogens (tertiary/aromatic N) is 2. The number of benzene rings is 2. The molecule has 0 bridgehead atoms. The van der Waals surface area contributed by atoms with Gasteiger partial charge in [0.2, 0.25) is 5.91 Å². The number of piperidine rings is 1. The molecule has 0 saturated carbocycles. The number of pyridine rings is 1. The molecule has 0 unspecified atom stereocenters. The van der Waals surface area contributed by atoms with Crippen LogP contribution >= 0.6 is 0 Å². The van der Waals surface area contributed by atoms with Crippen molar-refractivity contribution in [1.82, 2.24) is 9.47 Å². The van der Waals surface area contributed by atoms with Gasteiger partial charge >= 0.3 is 0 Å². The van der Waals surface area contributed by atoms with Crippen LogP contribution in [0.15, 0.2) is 53.3 Å². The smallest absolute Gasteiger partial charge is 0.242 e. The molecule has 4 heteroatoms. The molecule has 0 spiro atoms. The highest BCUT2D eigenvalue weighted by molar-refractivity contribution is 5.94. The fraction of sp³-hybridized carbons (Fsp3) is 0.333. The number of fused-ring (bicyclic) bond motifs is 2. The lowest BCUT2D eigenvalue weighted by Crippen LogP contribution is -2.41. The van der Waals surface area contributed by atoms with Gasteiger partial charge in [-0.1, -0.05) is 31.2 Å². The van der Waals surface area contributed by atoms with E-state index in [1.165, 1.54) is 6.42 Å². The van der Waals surface area contributed by atoms with E-state index in [0.29, 0.717) is 16.7 Å². The first kappa shape index (κ1) is 15.9. The van der Waals surface area contributed by atoms with Gasteiger partial charge in [-0.25, -0.2) is 0 Å². The zero-order chi connectivity index (χ0) is 17.4. The predicted octanol–water partition coefficient (Wildman–Crippen LogP) is 3.41. The van der Waals surface area contributed by atoms with Crippen molar-refractivity contribution in [2.75, 3.05) is 13.1 Å². The first-order valence-electron chi connectivity index (χ1n) is 8.93. The average Bonchev–Trinajstić information content (AvgIpc) is 2.65. The minimum atomic E-state index is 0.0292. The molecule has 4 rings (SSSR count). The van der Waals surface area contributed by atoms with Crippen molar-refractivity contribution < 1.29 is 4.79 Å². The zero-order valence-electron chi connectivity index (χ0n) is 14.4. The number of hydrogen-bond donors (Lipinski definition) is 0. The second-order valence-electron chi connectivity index (χ2n) is 7.04. The van der Waals surface area contributed by atoms with Crippen LogP contribution in [0.1, 0.15) is 19.8 Å². The van der Waals surface area contributed by atoms with E-state index in [-0.39, 0.29) is 17.9 Å². The van der Waals surface area contributed by atoms with Gasteiger partial charge in [0, 0.05) is 23.9 Å². The van der Waals surface area contributed by atoms with Crippen LogP contribution in [0.2, 0.25) is 0 Å². The summed E-state index contributed by atoms with van der Waals surface area (Å²) >= 11 is 0. The van der Waals surface area contributed by atoms with Gasteiger partial charge in [-0.15, -0.1) is 0 Å². The van der Waals surface area contributed by atoms with E-state index in [4.69, 9.17) is 0 Å². The Morgan fingerprint density at radius 3 is 2.24 bits per heavy atom. The van der Waals surface area contributed by atoms with Crippen LogP contribution in [0.3, 0.4) is 0 Å². The summed E-state index contributed by atoms with van der Waals surface area (Å²) in [5.41, 5.74) is 1.68. The molecule has 1 fully saturated rings. The highest BCUT2D eigenvalue weighted by Crippen LogP contribution is 2.21. The quantitative estimate of drug-likeness (QED) is 0.674. The molecule has 2 aromatic carbocycles. The maximum Gasteiger partial charge on any atom is 0.242 e. The van der Waals surface area contributed by atoms with Crippen molar-refractivity contribution in [3.63, 3.8) is 0 Å². The number of amides is 1. The summed E-state index contributed by atoms with van der Waals surface area (Å²) in [7, 11) is 0. The molecule has 1 saturated heterocycles. The number of hydrogen-bond acceptors (Lipinski definition) is 2. The molecule has 1 aromatic heterocycles. The first-order valence-corrected chi connectivity index (χ1v) is 8.93. The molecule has 1 aliphatic rings. The average molecular weight is 334 g/mol. The SMILES string of the molecule is C[C@@H]1CCCN(C(=O)Cn2c3ccccc3c(=O)c3ccccc32)C1. The van der Waals surface area contributed by atoms with Crippen LogP contribution in [-0.2, 0) is 11.3 Å². The molecule has 0 aliphatic carbocycles. The van der Waals surface area contributed by atoms with Crippen molar-refractivity contribution in [2.45, 2.75) is 26.3 Å². The highest BCUT2D eigenvalue weighted by atomic mass is 16.2. The van der Waals surface area contributed by atoms with Crippen molar-refractivity contribution in [1.29, 1.82) is 0 Å². The number of carbonyl (C=O) groups excluding carboxylic acids is 1. The van der Waals surface area contributed by atoms with Gasteiger partial charge in [-0.3, -0.25) is 9.59 Å². The van der Waals surface area contributed by atoms with Crippen molar-refractivity contribution >= 4 is 27.7 Å². The summed E-state index contributed by atoms with van der Waals surface area (Å²) in [5, 5.41) is 1.34. The maximum absolute atomic E-state index is 12.9. The van der Waals surface area contributed by atoms with Gasteiger partial charge in [-0.2, -0.15) is 0 Å². The van der Waals surface area contributed by atoms with Crippen LogP contribution in [0.5, 0.6) is 0 Å². The van der Waals surface area contributed by atoms with E-state index >= 15 is 0 Å². The van der Waals surface area contributed by atoms with E-state index < -0.39 is 0 Å². The lowest BCUT2D eigenvalue weighted by molar-refractivity contribution is -0.133. The van der Waals surface area contributed by atoms with E-state index in [0.717, 1.165) is 30.5 Å². The molecule has 1 amide bonds. The largest absolute Gasteiger partial charge is 0.341 e. The van der Waals surface area contributed by atoms with E-state index in [1.54, 1.807) is 0 Å². The van der Waals surface area contributed by atoms with Gasteiger partial charge in [0.25, 0.3) is 0 Å². The Kier molecular flexibility index (Phi) is 4.04. The van der Waals surface area contributed by atoms with E-state index in [9.17, 15) is 9.59 Å². The van der Waals surface area contributed by atoms with Crippen LogP contribution < -0.4 is 5.43 Å². The Hall–Kier alpha value is -2.62. The second-order valence-corrected chi connectivity index (χ2v) is 7.04. The molecule has 0 radical (unpaired) electrons. The Balaban J connectivity index is 1.83. The number of carbonyl (C=O) groups is 1. The molecule has 25 heavy (non-hydrogen) atoms. The lowest BCUT2D eigenvalue weighted by atomic mass is 10.0. The minimum Gasteiger partial charge on any atom is -0.341 e. The fourth-order valence-corrected chi connectivity index (χ4v) is 3.90. The van der Waals surface area contributed by atoms with Gasteiger partial charge in [0.05, 0.1) is 11.0 Å². The number of rotatable bonds is 2. The van der Waals surface area contributed by atoms with Gasteiger partial charge in [-0.05, 0) is 43.0 Å². The third kappa shape index (κ3) is 2.82. The summed E-state index contributed by atoms with van der Waals surface area (Å²) in [6.07, 6.45) is 2.26.